The number of ether oxygens (including phenoxy) is 1. The number of pyridine rings is 1. The second kappa shape index (κ2) is 5.39. The van der Waals surface area contributed by atoms with Crippen molar-refractivity contribution in [2.24, 2.45) is 0 Å². The molecular weight excluding hydrogens is 276 g/mol. The van der Waals surface area contributed by atoms with Gasteiger partial charge in [0.2, 0.25) is 5.88 Å². The van der Waals surface area contributed by atoms with Crippen molar-refractivity contribution in [2.45, 2.75) is 38.9 Å². The molecule has 20 heavy (non-hydrogen) atoms. The molecule has 6 heteroatoms. The first kappa shape index (κ1) is 15.4. The number of methoxy groups -OCH3 is 1. The van der Waals surface area contributed by atoms with Crippen molar-refractivity contribution in [2.75, 3.05) is 7.11 Å². The number of aromatic nitrogens is 1. The van der Waals surface area contributed by atoms with E-state index in [1.54, 1.807) is 13.2 Å². The van der Waals surface area contributed by atoms with Crippen LogP contribution in [0, 0.1) is 0 Å². The third-order valence-electron chi connectivity index (χ3n) is 3.77. The molecule has 1 aliphatic heterocycles. The van der Waals surface area contributed by atoms with Crippen molar-refractivity contribution in [3.8, 4) is 5.88 Å². The fraction of sp³-hybridized carbons (Fsp3) is 0.500. The Morgan fingerprint density at radius 2 is 1.80 bits per heavy atom. The van der Waals surface area contributed by atoms with E-state index in [9.17, 15) is 0 Å². The van der Waals surface area contributed by atoms with Crippen LogP contribution in [0.15, 0.2) is 18.1 Å². The Balaban J connectivity index is 2.12. The Morgan fingerprint density at radius 3 is 2.30 bits per heavy atom. The second-order valence-corrected chi connectivity index (χ2v) is 6.08. The summed E-state index contributed by atoms with van der Waals surface area (Å²) in [6.07, 6.45) is 1.84. The van der Waals surface area contributed by atoms with Gasteiger partial charge in [-0.2, -0.15) is 0 Å². The molecule has 1 aliphatic rings. The van der Waals surface area contributed by atoms with Crippen molar-refractivity contribution in [1.29, 1.82) is 0 Å². The zero-order chi connectivity index (χ0) is 15.0. The molecule has 0 amide bonds. The maximum absolute atomic E-state index is 6.08. The zero-order valence-corrected chi connectivity index (χ0v) is 13.2. The second-order valence-electron chi connectivity index (χ2n) is 5.72. The smallest absolute Gasteiger partial charge is 0.481 e. The predicted octanol–water partition coefficient (Wildman–Crippen LogP) is 3.39. The standard InChI is InChI=1S/C14H19BClNO3/c1-13(2)14(3,4)20-15(19-13)9-8-10-6-7-11(18-5)17-12(10)16/h6-9H,1-5H3/b9-8+. The summed E-state index contributed by atoms with van der Waals surface area (Å²) < 4.78 is 16.8. The van der Waals surface area contributed by atoms with E-state index in [1.165, 1.54) is 0 Å². The first-order valence-electron chi connectivity index (χ1n) is 6.49. The van der Waals surface area contributed by atoms with E-state index in [0.717, 1.165) is 5.56 Å². The topological polar surface area (TPSA) is 40.6 Å². The molecule has 0 saturated carbocycles. The van der Waals surface area contributed by atoms with Crippen LogP contribution in [0.5, 0.6) is 5.88 Å². The maximum Gasteiger partial charge on any atom is 0.487 e. The van der Waals surface area contributed by atoms with Crippen molar-refractivity contribution in [1.82, 2.24) is 4.98 Å². The highest BCUT2D eigenvalue weighted by Gasteiger charge is 2.49. The van der Waals surface area contributed by atoms with Crippen LogP contribution < -0.4 is 4.74 Å². The first-order valence-corrected chi connectivity index (χ1v) is 6.87. The fourth-order valence-electron chi connectivity index (χ4n) is 1.82. The van der Waals surface area contributed by atoms with E-state index in [-0.39, 0.29) is 11.2 Å². The number of hydrogen-bond donors (Lipinski definition) is 0. The molecule has 1 aromatic heterocycles. The fourth-order valence-corrected chi connectivity index (χ4v) is 2.03. The van der Waals surface area contributed by atoms with Gasteiger partial charge in [-0.25, -0.2) is 4.98 Å². The predicted molar refractivity (Wildman–Crippen MR) is 80.9 cm³/mol. The largest absolute Gasteiger partial charge is 0.487 e. The molecule has 2 rings (SSSR count). The summed E-state index contributed by atoms with van der Waals surface area (Å²) in [5, 5.41) is 0.386. The minimum absolute atomic E-state index is 0.343. The highest BCUT2D eigenvalue weighted by molar-refractivity contribution is 6.52. The number of hydrogen-bond acceptors (Lipinski definition) is 4. The van der Waals surface area contributed by atoms with Gasteiger partial charge in [0.15, 0.2) is 0 Å². The Kier molecular flexibility index (Phi) is 4.14. The summed E-state index contributed by atoms with van der Waals surface area (Å²) in [7, 11) is 1.16. The molecule has 0 unspecified atom stereocenters. The summed E-state index contributed by atoms with van der Waals surface area (Å²) in [6.45, 7) is 8.07. The lowest BCUT2D eigenvalue weighted by Gasteiger charge is -2.32. The lowest BCUT2D eigenvalue weighted by Crippen LogP contribution is -2.41. The van der Waals surface area contributed by atoms with Gasteiger partial charge in [0, 0.05) is 11.6 Å². The molecule has 0 bridgehead atoms. The van der Waals surface area contributed by atoms with Crippen molar-refractivity contribution < 1.29 is 14.0 Å². The van der Waals surface area contributed by atoms with Gasteiger partial charge in [-0.15, -0.1) is 0 Å². The van der Waals surface area contributed by atoms with Crippen LogP contribution in [0.4, 0.5) is 0 Å². The van der Waals surface area contributed by atoms with Gasteiger partial charge in [-0.1, -0.05) is 23.7 Å². The van der Waals surface area contributed by atoms with Crippen LogP contribution in [0.2, 0.25) is 5.15 Å². The molecule has 1 saturated heterocycles. The van der Waals surface area contributed by atoms with E-state index >= 15 is 0 Å². The SMILES string of the molecule is COc1ccc(/C=C/B2OC(C)(C)C(C)(C)O2)c(Cl)n1. The monoisotopic (exact) mass is 295 g/mol. The molecule has 0 N–H and O–H groups in total. The van der Waals surface area contributed by atoms with E-state index < -0.39 is 7.12 Å². The molecule has 2 heterocycles. The molecule has 4 nitrogen and oxygen atoms in total. The number of rotatable bonds is 3. The van der Waals surface area contributed by atoms with Crippen LogP contribution in [-0.4, -0.2) is 30.4 Å². The van der Waals surface area contributed by atoms with E-state index in [0.29, 0.717) is 11.0 Å². The molecular formula is C14H19BClNO3. The molecule has 0 radical (unpaired) electrons. The Hall–Kier alpha value is -1.04. The summed E-state index contributed by atoms with van der Waals surface area (Å²) in [5.74, 6) is 2.33. The summed E-state index contributed by atoms with van der Waals surface area (Å²) in [5.41, 5.74) is 0.107. The number of nitrogens with zero attached hydrogens (tertiary/aromatic N) is 1. The quantitative estimate of drug-likeness (QED) is 0.633. The van der Waals surface area contributed by atoms with Gasteiger partial charge < -0.3 is 14.0 Å². The minimum atomic E-state index is -0.391. The number of halogens is 1. The summed E-state index contributed by atoms with van der Waals surface area (Å²) in [6, 6.07) is 3.60. The van der Waals surface area contributed by atoms with Gasteiger partial charge in [0.05, 0.1) is 18.3 Å². The van der Waals surface area contributed by atoms with Crippen LogP contribution >= 0.6 is 11.6 Å². The summed E-state index contributed by atoms with van der Waals surface area (Å²) >= 11 is 6.08. The summed E-state index contributed by atoms with van der Waals surface area (Å²) in [4.78, 5) is 4.10. The molecule has 0 spiro atoms. The van der Waals surface area contributed by atoms with Gasteiger partial charge in [0.25, 0.3) is 0 Å². The highest BCUT2D eigenvalue weighted by Crippen LogP contribution is 2.37. The third-order valence-corrected chi connectivity index (χ3v) is 4.07. The molecule has 0 aromatic carbocycles. The molecule has 108 valence electrons. The third kappa shape index (κ3) is 3.00. The highest BCUT2D eigenvalue weighted by atomic mass is 35.5. The van der Waals surface area contributed by atoms with Crippen molar-refractivity contribution in [3.05, 3.63) is 28.8 Å². The maximum atomic E-state index is 6.08. The molecule has 0 aliphatic carbocycles. The minimum Gasteiger partial charge on any atom is -0.481 e. The molecule has 0 atom stereocenters. The van der Waals surface area contributed by atoms with E-state index in [2.05, 4.69) is 4.98 Å². The average Bonchev–Trinajstić information content (AvgIpc) is 2.56. The Labute approximate surface area is 125 Å². The van der Waals surface area contributed by atoms with Crippen molar-refractivity contribution >= 4 is 24.8 Å². The lowest BCUT2D eigenvalue weighted by molar-refractivity contribution is 0.00578. The van der Waals surface area contributed by atoms with Crippen LogP contribution in [0.25, 0.3) is 6.08 Å². The normalized spacial score (nSPS) is 20.6. The van der Waals surface area contributed by atoms with E-state index in [4.69, 9.17) is 25.6 Å². The zero-order valence-electron chi connectivity index (χ0n) is 12.4. The van der Waals surface area contributed by atoms with Crippen LogP contribution in [-0.2, 0) is 9.31 Å². The molecule has 1 aromatic rings. The van der Waals surface area contributed by atoms with Crippen LogP contribution in [0.1, 0.15) is 33.3 Å². The lowest BCUT2D eigenvalue weighted by atomic mass is 9.89. The van der Waals surface area contributed by atoms with Gasteiger partial charge >= 0.3 is 7.12 Å². The molecule has 1 fully saturated rings. The van der Waals surface area contributed by atoms with E-state index in [1.807, 2.05) is 45.8 Å². The first-order chi connectivity index (χ1) is 9.25. The Morgan fingerprint density at radius 1 is 1.20 bits per heavy atom. The van der Waals surface area contributed by atoms with Gasteiger partial charge in [0.1, 0.15) is 5.15 Å². The van der Waals surface area contributed by atoms with Crippen LogP contribution in [0.3, 0.4) is 0 Å². The Bertz CT molecular complexity index is 515. The van der Waals surface area contributed by atoms with Gasteiger partial charge in [-0.3, -0.25) is 0 Å². The van der Waals surface area contributed by atoms with Gasteiger partial charge in [-0.05, 0) is 33.8 Å². The van der Waals surface area contributed by atoms with Crippen molar-refractivity contribution in [3.63, 3.8) is 0 Å². The average molecular weight is 296 g/mol.